The molecule has 1 aromatic heterocycles. The summed E-state index contributed by atoms with van der Waals surface area (Å²) in [6, 6.07) is 6.75. The lowest BCUT2D eigenvalue weighted by atomic mass is 9.85. The summed E-state index contributed by atoms with van der Waals surface area (Å²) >= 11 is 0. The third kappa shape index (κ3) is 7.48. The molecule has 0 fully saturated rings. The van der Waals surface area contributed by atoms with Gasteiger partial charge in [0, 0.05) is 24.2 Å². The fourth-order valence-electron chi connectivity index (χ4n) is 2.73. The van der Waals surface area contributed by atoms with E-state index in [-0.39, 0.29) is 35.2 Å². The average Bonchev–Trinajstić information content (AvgIpc) is 3.01. The lowest BCUT2D eigenvalue weighted by molar-refractivity contribution is 0.529. The average molecular weight is 487 g/mol. The molecule has 0 unspecified atom stereocenters. The van der Waals surface area contributed by atoms with Crippen molar-refractivity contribution in [3.63, 3.8) is 0 Å². The van der Waals surface area contributed by atoms with E-state index in [1.54, 1.807) is 12.1 Å². The Kier molecular flexibility index (Phi) is 9.76. The first-order valence-electron chi connectivity index (χ1n) is 9.19. The van der Waals surface area contributed by atoms with Crippen LogP contribution >= 0.6 is 24.0 Å². The summed E-state index contributed by atoms with van der Waals surface area (Å²) in [7, 11) is 0. The van der Waals surface area contributed by atoms with Crippen LogP contribution in [0.1, 0.15) is 44.0 Å². The number of rotatable bonds is 8. The summed E-state index contributed by atoms with van der Waals surface area (Å²) in [4.78, 5) is 4.70. The van der Waals surface area contributed by atoms with Crippen LogP contribution in [-0.2, 0) is 11.8 Å². The molecular formula is C20H31FIN5. The summed E-state index contributed by atoms with van der Waals surface area (Å²) < 4.78 is 13.5. The highest BCUT2D eigenvalue weighted by Gasteiger charge is 2.21. The van der Waals surface area contributed by atoms with E-state index in [9.17, 15) is 4.39 Å². The number of aryl methyl sites for hydroxylation is 2. The molecule has 1 heterocycles. The van der Waals surface area contributed by atoms with Crippen molar-refractivity contribution >= 4 is 29.9 Å². The molecule has 150 valence electrons. The number of aromatic amines is 1. The van der Waals surface area contributed by atoms with Gasteiger partial charge in [-0.3, -0.25) is 10.1 Å². The van der Waals surface area contributed by atoms with E-state index in [0.717, 1.165) is 43.1 Å². The Morgan fingerprint density at radius 1 is 1.30 bits per heavy atom. The highest BCUT2D eigenvalue weighted by atomic mass is 127. The fourth-order valence-corrected chi connectivity index (χ4v) is 2.73. The van der Waals surface area contributed by atoms with E-state index >= 15 is 0 Å². The van der Waals surface area contributed by atoms with Crippen LogP contribution in [0.4, 0.5) is 4.39 Å². The maximum atomic E-state index is 13.5. The topological polar surface area (TPSA) is 65.1 Å². The quantitative estimate of drug-likeness (QED) is 0.229. The van der Waals surface area contributed by atoms with Gasteiger partial charge in [0.2, 0.25) is 0 Å². The second-order valence-corrected chi connectivity index (χ2v) is 7.14. The molecule has 3 N–H and O–H groups in total. The Bertz CT molecular complexity index is 727. The third-order valence-electron chi connectivity index (χ3n) is 4.43. The van der Waals surface area contributed by atoms with Gasteiger partial charge in [0.05, 0.1) is 12.7 Å². The van der Waals surface area contributed by atoms with Gasteiger partial charge in [-0.25, -0.2) is 4.39 Å². The van der Waals surface area contributed by atoms with Crippen molar-refractivity contribution in [1.82, 2.24) is 20.8 Å². The van der Waals surface area contributed by atoms with Crippen LogP contribution in [-0.4, -0.2) is 35.8 Å². The van der Waals surface area contributed by atoms with Crippen molar-refractivity contribution in [2.75, 3.05) is 19.6 Å². The van der Waals surface area contributed by atoms with Gasteiger partial charge in [-0.15, -0.1) is 24.0 Å². The molecule has 0 spiro atoms. The number of hydrogen-bond donors (Lipinski definition) is 3. The second kappa shape index (κ2) is 11.3. The molecule has 0 aliphatic rings. The molecule has 2 rings (SSSR count). The SMILES string of the molecule is CCNC(=NCC(C)(C)c1cccc(F)c1)NCCCc1cn[nH]c1C.I. The first kappa shape index (κ1) is 23.4. The van der Waals surface area contributed by atoms with Crippen molar-refractivity contribution in [3.8, 4) is 0 Å². The third-order valence-corrected chi connectivity index (χ3v) is 4.43. The minimum Gasteiger partial charge on any atom is -0.357 e. The smallest absolute Gasteiger partial charge is 0.191 e. The molecule has 0 atom stereocenters. The maximum Gasteiger partial charge on any atom is 0.191 e. The van der Waals surface area contributed by atoms with E-state index in [1.165, 1.54) is 11.6 Å². The second-order valence-electron chi connectivity index (χ2n) is 7.14. The van der Waals surface area contributed by atoms with Crippen LogP contribution in [0, 0.1) is 12.7 Å². The molecule has 7 heteroatoms. The van der Waals surface area contributed by atoms with Crippen molar-refractivity contribution in [1.29, 1.82) is 0 Å². The predicted octanol–water partition coefficient (Wildman–Crippen LogP) is 3.94. The molecule has 0 amide bonds. The van der Waals surface area contributed by atoms with E-state index in [1.807, 2.05) is 26.1 Å². The Morgan fingerprint density at radius 2 is 2.07 bits per heavy atom. The summed E-state index contributed by atoms with van der Waals surface area (Å²) in [6.07, 6.45) is 3.86. The van der Waals surface area contributed by atoms with Gasteiger partial charge in [0.15, 0.2) is 5.96 Å². The zero-order valence-corrected chi connectivity index (χ0v) is 18.9. The van der Waals surface area contributed by atoms with Crippen LogP contribution in [0.15, 0.2) is 35.5 Å². The summed E-state index contributed by atoms with van der Waals surface area (Å²) in [5.74, 6) is 0.583. The molecule has 27 heavy (non-hydrogen) atoms. The van der Waals surface area contributed by atoms with Gasteiger partial charge in [0.1, 0.15) is 5.82 Å². The number of aliphatic imine (C=N–C) groups is 1. The molecule has 0 bridgehead atoms. The predicted molar refractivity (Wildman–Crippen MR) is 120 cm³/mol. The number of aromatic nitrogens is 2. The largest absolute Gasteiger partial charge is 0.357 e. The molecule has 0 saturated carbocycles. The zero-order valence-electron chi connectivity index (χ0n) is 16.6. The Balaban J connectivity index is 0.00000364. The van der Waals surface area contributed by atoms with Gasteiger partial charge in [-0.05, 0) is 49.9 Å². The van der Waals surface area contributed by atoms with Crippen LogP contribution in [0.5, 0.6) is 0 Å². The molecular weight excluding hydrogens is 456 g/mol. The van der Waals surface area contributed by atoms with Crippen LogP contribution < -0.4 is 10.6 Å². The highest BCUT2D eigenvalue weighted by molar-refractivity contribution is 14.0. The number of H-pyrrole nitrogens is 1. The number of guanidine groups is 1. The molecule has 1 aromatic carbocycles. The van der Waals surface area contributed by atoms with E-state index in [0.29, 0.717) is 6.54 Å². The number of nitrogens with zero attached hydrogens (tertiary/aromatic N) is 2. The zero-order chi connectivity index (χ0) is 19.0. The van der Waals surface area contributed by atoms with Crippen molar-refractivity contribution in [3.05, 3.63) is 53.1 Å². The molecule has 0 aliphatic heterocycles. The first-order chi connectivity index (χ1) is 12.4. The monoisotopic (exact) mass is 487 g/mol. The van der Waals surface area contributed by atoms with Crippen molar-refractivity contribution in [2.45, 2.75) is 46.0 Å². The normalized spacial score (nSPS) is 11.8. The maximum absolute atomic E-state index is 13.5. The molecule has 2 aromatic rings. The number of hydrogen-bond acceptors (Lipinski definition) is 2. The molecule has 0 radical (unpaired) electrons. The fraction of sp³-hybridized carbons (Fsp3) is 0.500. The van der Waals surface area contributed by atoms with Crippen LogP contribution in [0.2, 0.25) is 0 Å². The van der Waals surface area contributed by atoms with Gasteiger partial charge in [-0.1, -0.05) is 26.0 Å². The van der Waals surface area contributed by atoms with Crippen molar-refractivity contribution in [2.24, 2.45) is 4.99 Å². The Labute approximate surface area is 178 Å². The molecule has 0 aliphatic carbocycles. The number of benzene rings is 1. The summed E-state index contributed by atoms with van der Waals surface area (Å²) in [5.41, 5.74) is 3.09. The number of halogens is 2. The standard InChI is InChI=1S/C20H30FN5.HI/c1-5-22-19(23-11-7-8-16-13-25-26-15(16)2)24-14-20(3,4)17-9-6-10-18(21)12-17;/h6,9-10,12-13H,5,7-8,11,14H2,1-4H3,(H,25,26)(H2,22,23,24);1H. The molecule has 0 saturated heterocycles. The highest BCUT2D eigenvalue weighted by Crippen LogP contribution is 2.24. The van der Waals surface area contributed by atoms with Crippen LogP contribution in [0.25, 0.3) is 0 Å². The van der Waals surface area contributed by atoms with Crippen molar-refractivity contribution < 1.29 is 4.39 Å². The minimum atomic E-state index is -0.238. The summed E-state index contributed by atoms with van der Waals surface area (Å²) in [6.45, 7) is 10.4. The van der Waals surface area contributed by atoms with E-state index < -0.39 is 0 Å². The Hall–Kier alpha value is -1.64. The number of nitrogens with one attached hydrogen (secondary N) is 3. The summed E-state index contributed by atoms with van der Waals surface area (Å²) in [5, 5.41) is 13.7. The lowest BCUT2D eigenvalue weighted by Crippen LogP contribution is -2.39. The van der Waals surface area contributed by atoms with E-state index in [2.05, 4.69) is 34.7 Å². The van der Waals surface area contributed by atoms with Gasteiger partial charge in [0.25, 0.3) is 0 Å². The van der Waals surface area contributed by atoms with Gasteiger partial charge < -0.3 is 10.6 Å². The van der Waals surface area contributed by atoms with E-state index in [4.69, 9.17) is 4.99 Å². The lowest BCUT2D eigenvalue weighted by Gasteiger charge is -2.24. The van der Waals surface area contributed by atoms with Gasteiger partial charge in [-0.2, -0.15) is 5.10 Å². The van der Waals surface area contributed by atoms with Gasteiger partial charge >= 0.3 is 0 Å². The molecule has 5 nitrogen and oxygen atoms in total. The van der Waals surface area contributed by atoms with Crippen LogP contribution in [0.3, 0.4) is 0 Å². The Morgan fingerprint density at radius 3 is 2.70 bits per heavy atom. The minimum absolute atomic E-state index is 0. The first-order valence-corrected chi connectivity index (χ1v) is 9.19.